The number of hydrogen-bond acceptors (Lipinski definition) is 3. The number of aryl methyl sites for hydroxylation is 1. The maximum atomic E-state index is 11.8. The Labute approximate surface area is 107 Å². The summed E-state index contributed by atoms with van der Waals surface area (Å²) in [6.45, 7) is 3.08. The van der Waals surface area contributed by atoms with Gasteiger partial charge in [-0.1, -0.05) is 12.1 Å². The van der Waals surface area contributed by atoms with Crippen molar-refractivity contribution in [1.29, 1.82) is 0 Å². The van der Waals surface area contributed by atoms with E-state index in [0.29, 0.717) is 26.1 Å². The van der Waals surface area contributed by atoms with Crippen LogP contribution in [0, 0.1) is 0 Å². The number of ether oxygens (including phenoxy) is 1. The lowest BCUT2D eigenvalue weighted by atomic mass is 10.2. The van der Waals surface area contributed by atoms with Gasteiger partial charge in [0.15, 0.2) is 0 Å². The summed E-state index contributed by atoms with van der Waals surface area (Å²) in [5, 5.41) is 0. The topological polar surface area (TPSA) is 44.1 Å². The van der Waals surface area contributed by atoms with E-state index in [0.717, 1.165) is 16.9 Å². The second-order valence-electron chi connectivity index (χ2n) is 4.24. The lowest BCUT2D eigenvalue weighted by Crippen LogP contribution is -2.10. The highest BCUT2D eigenvalue weighted by atomic mass is 16.5. The average molecular weight is 246 g/mol. The summed E-state index contributed by atoms with van der Waals surface area (Å²) in [6.07, 6.45) is 0.829. The number of ketones is 1. The fourth-order valence-electron chi connectivity index (χ4n) is 1.95. The van der Waals surface area contributed by atoms with E-state index in [1.807, 2.05) is 42.8 Å². The summed E-state index contributed by atoms with van der Waals surface area (Å²) in [5.41, 5.74) is 2.00. The van der Waals surface area contributed by atoms with Crippen LogP contribution in [-0.2, 0) is 23.0 Å². The number of hydrogen-bond donors (Lipinski definition) is 0. The molecule has 0 spiro atoms. The number of imidazole rings is 1. The molecule has 0 bridgehead atoms. The Morgan fingerprint density at radius 1 is 1.39 bits per heavy atom. The van der Waals surface area contributed by atoms with E-state index < -0.39 is 0 Å². The molecule has 0 fully saturated rings. The quantitative estimate of drug-likeness (QED) is 0.733. The molecule has 2 rings (SSSR count). The Kier molecular flexibility index (Phi) is 4.10. The maximum absolute atomic E-state index is 11.8. The van der Waals surface area contributed by atoms with Crippen molar-refractivity contribution in [2.75, 3.05) is 13.2 Å². The number of aromatic nitrogens is 2. The van der Waals surface area contributed by atoms with Crippen molar-refractivity contribution >= 4 is 16.8 Å². The van der Waals surface area contributed by atoms with Gasteiger partial charge in [0.05, 0.1) is 24.1 Å². The standard InChI is InChI=1S/C14H18N2O2/c1-3-18-9-8-11(17)10-14-15-12-6-4-5-7-13(12)16(14)2/h4-7H,3,8-10H2,1-2H3. The van der Waals surface area contributed by atoms with Gasteiger partial charge in [0.1, 0.15) is 11.6 Å². The Morgan fingerprint density at radius 3 is 2.89 bits per heavy atom. The molecule has 0 saturated heterocycles. The number of Topliss-reactive ketones (excluding diaryl/α,β-unsaturated/α-hetero) is 1. The molecule has 18 heavy (non-hydrogen) atoms. The first-order chi connectivity index (χ1) is 8.72. The van der Waals surface area contributed by atoms with E-state index in [1.165, 1.54) is 0 Å². The van der Waals surface area contributed by atoms with E-state index in [2.05, 4.69) is 4.98 Å². The van der Waals surface area contributed by atoms with Crippen LogP contribution in [0.4, 0.5) is 0 Å². The van der Waals surface area contributed by atoms with Crippen molar-refractivity contribution in [2.24, 2.45) is 7.05 Å². The van der Waals surface area contributed by atoms with Crippen molar-refractivity contribution in [3.8, 4) is 0 Å². The smallest absolute Gasteiger partial charge is 0.142 e. The van der Waals surface area contributed by atoms with E-state index in [1.54, 1.807) is 0 Å². The van der Waals surface area contributed by atoms with Crippen LogP contribution >= 0.6 is 0 Å². The molecule has 0 saturated carbocycles. The number of fused-ring (bicyclic) bond motifs is 1. The Hall–Kier alpha value is -1.68. The van der Waals surface area contributed by atoms with Crippen LogP contribution in [0.15, 0.2) is 24.3 Å². The summed E-state index contributed by atoms with van der Waals surface area (Å²) >= 11 is 0. The first-order valence-electron chi connectivity index (χ1n) is 6.22. The normalized spacial score (nSPS) is 11.0. The molecule has 0 unspecified atom stereocenters. The van der Waals surface area contributed by atoms with Gasteiger partial charge in [-0.2, -0.15) is 0 Å². The van der Waals surface area contributed by atoms with Gasteiger partial charge < -0.3 is 9.30 Å². The SMILES string of the molecule is CCOCCC(=O)Cc1nc2ccccc2n1C. The molecule has 4 nitrogen and oxygen atoms in total. The molecule has 0 amide bonds. The summed E-state index contributed by atoms with van der Waals surface area (Å²) in [4.78, 5) is 16.3. The van der Waals surface area contributed by atoms with Crippen LogP contribution in [0.3, 0.4) is 0 Å². The van der Waals surface area contributed by atoms with Crippen LogP contribution in [-0.4, -0.2) is 28.5 Å². The van der Waals surface area contributed by atoms with Crippen molar-refractivity contribution in [3.63, 3.8) is 0 Å². The number of benzene rings is 1. The third-order valence-corrected chi connectivity index (χ3v) is 2.96. The second kappa shape index (κ2) is 5.78. The number of para-hydroxylation sites is 2. The number of carbonyl (C=O) groups is 1. The molecule has 2 aromatic rings. The van der Waals surface area contributed by atoms with Gasteiger partial charge >= 0.3 is 0 Å². The van der Waals surface area contributed by atoms with Crippen molar-refractivity contribution in [2.45, 2.75) is 19.8 Å². The van der Waals surface area contributed by atoms with Crippen LogP contribution in [0.25, 0.3) is 11.0 Å². The molecule has 0 aliphatic heterocycles. The molecule has 0 radical (unpaired) electrons. The van der Waals surface area contributed by atoms with Gasteiger partial charge in [-0.3, -0.25) is 4.79 Å². The van der Waals surface area contributed by atoms with Crippen LogP contribution in [0.5, 0.6) is 0 Å². The third kappa shape index (κ3) is 2.76. The van der Waals surface area contributed by atoms with Gasteiger partial charge in [0.2, 0.25) is 0 Å². The highest BCUT2D eigenvalue weighted by Crippen LogP contribution is 2.14. The van der Waals surface area contributed by atoms with Crippen LogP contribution in [0.1, 0.15) is 19.2 Å². The fourth-order valence-corrected chi connectivity index (χ4v) is 1.95. The number of rotatable bonds is 6. The van der Waals surface area contributed by atoms with Gasteiger partial charge in [-0.25, -0.2) is 4.98 Å². The maximum Gasteiger partial charge on any atom is 0.142 e. The second-order valence-corrected chi connectivity index (χ2v) is 4.24. The molecular weight excluding hydrogens is 228 g/mol. The van der Waals surface area contributed by atoms with Crippen LogP contribution < -0.4 is 0 Å². The summed E-state index contributed by atoms with van der Waals surface area (Å²) < 4.78 is 7.16. The van der Waals surface area contributed by atoms with E-state index >= 15 is 0 Å². The minimum absolute atomic E-state index is 0.168. The minimum Gasteiger partial charge on any atom is -0.381 e. The lowest BCUT2D eigenvalue weighted by molar-refractivity contribution is -0.119. The highest BCUT2D eigenvalue weighted by Gasteiger charge is 2.11. The molecule has 96 valence electrons. The van der Waals surface area contributed by atoms with E-state index in [9.17, 15) is 4.79 Å². The van der Waals surface area contributed by atoms with Crippen molar-refractivity contribution < 1.29 is 9.53 Å². The predicted octanol–water partition coefficient (Wildman–Crippen LogP) is 2.11. The van der Waals surface area contributed by atoms with Gasteiger partial charge in [-0.15, -0.1) is 0 Å². The molecule has 1 heterocycles. The zero-order valence-corrected chi connectivity index (χ0v) is 10.8. The minimum atomic E-state index is 0.168. The molecule has 1 aromatic heterocycles. The van der Waals surface area contributed by atoms with Crippen molar-refractivity contribution in [3.05, 3.63) is 30.1 Å². The van der Waals surface area contributed by atoms with Crippen molar-refractivity contribution in [1.82, 2.24) is 9.55 Å². The lowest BCUT2D eigenvalue weighted by Gasteiger charge is -2.02. The molecular formula is C14H18N2O2. The zero-order chi connectivity index (χ0) is 13.0. The summed E-state index contributed by atoms with van der Waals surface area (Å²) in [7, 11) is 1.94. The zero-order valence-electron chi connectivity index (χ0n) is 10.8. The monoisotopic (exact) mass is 246 g/mol. The molecule has 0 atom stereocenters. The van der Waals surface area contributed by atoms with Gasteiger partial charge in [0, 0.05) is 20.1 Å². The average Bonchev–Trinajstić information content (AvgIpc) is 2.67. The molecule has 0 aliphatic carbocycles. The third-order valence-electron chi connectivity index (χ3n) is 2.96. The Morgan fingerprint density at radius 2 is 2.17 bits per heavy atom. The largest absolute Gasteiger partial charge is 0.381 e. The Balaban J connectivity index is 2.07. The highest BCUT2D eigenvalue weighted by molar-refractivity contribution is 5.82. The van der Waals surface area contributed by atoms with E-state index in [-0.39, 0.29) is 5.78 Å². The fraction of sp³-hybridized carbons (Fsp3) is 0.429. The summed E-state index contributed by atoms with van der Waals surface area (Å²) in [6, 6.07) is 7.90. The number of carbonyl (C=O) groups excluding carboxylic acids is 1. The number of nitrogens with zero attached hydrogens (tertiary/aromatic N) is 2. The molecule has 4 heteroatoms. The first-order valence-corrected chi connectivity index (χ1v) is 6.22. The molecule has 0 aliphatic rings. The summed E-state index contributed by atoms with van der Waals surface area (Å²) in [5.74, 6) is 0.986. The Bertz CT molecular complexity index is 546. The van der Waals surface area contributed by atoms with Gasteiger partial charge in [0.25, 0.3) is 0 Å². The van der Waals surface area contributed by atoms with Gasteiger partial charge in [-0.05, 0) is 19.1 Å². The van der Waals surface area contributed by atoms with E-state index in [4.69, 9.17) is 4.74 Å². The molecule has 1 aromatic carbocycles. The van der Waals surface area contributed by atoms with Crippen LogP contribution in [0.2, 0.25) is 0 Å². The molecule has 0 N–H and O–H groups in total. The first kappa shape index (κ1) is 12.8. The predicted molar refractivity (Wildman–Crippen MR) is 70.5 cm³/mol.